The summed E-state index contributed by atoms with van der Waals surface area (Å²) < 4.78 is 6.27. The van der Waals surface area contributed by atoms with E-state index in [4.69, 9.17) is 4.74 Å². The summed E-state index contributed by atoms with van der Waals surface area (Å²) in [6.07, 6.45) is 0.903. The molecular formula is C14H12N2O2S2. The molecule has 3 aromatic rings. The third-order valence-corrected chi connectivity index (χ3v) is 4.65. The lowest BCUT2D eigenvalue weighted by atomic mass is 10.2. The van der Waals surface area contributed by atoms with E-state index in [0.717, 1.165) is 27.3 Å². The molecule has 4 nitrogen and oxygen atoms in total. The number of aryl methyl sites for hydroxylation is 1. The van der Waals surface area contributed by atoms with Crippen molar-refractivity contribution in [3.8, 4) is 0 Å². The number of aromatic nitrogens is 2. The number of hydrogen-bond acceptors (Lipinski definition) is 6. The van der Waals surface area contributed by atoms with E-state index in [2.05, 4.69) is 16.9 Å². The molecule has 0 radical (unpaired) electrons. The van der Waals surface area contributed by atoms with Crippen LogP contribution in [0.15, 0.2) is 29.1 Å². The number of ether oxygens (including phenoxy) is 1. The second kappa shape index (κ2) is 5.68. The maximum Gasteiger partial charge on any atom is 0.338 e. The molecule has 0 saturated heterocycles. The first-order chi connectivity index (χ1) is 9.76. The maximum atomic E-state index is 12.0. The van der Waals surface area contributed by atoms with Crippen molar-refractivity contribution in [3.63, 3.8) is 0 Å². The molecule has 0 spiro atoms. The lowest BCUT2D eigenvalue weighted by Crippen LogP contribution is -2.05. The van der Waals surface area contributed by atoms with Gasteiger partial charge in [-0.25, -0.2) is 14.8 Å². The molecule has 2 heterocycles. The molecule has 0 aliphatic carbocycles. The van der Waals surface area contributed by atoms with E-state index in [1.165, 1.54) is 11.3 Å². The van der Waals surface area contributed by atoms with Crippen LogP contribution in [0.5, 0.6) is 0 Å². The van der Waals surface area contributed by atoms with E-state index < -0.39 is 0 Å². The Labute approximate surface area is 124 Å². The Morgan fingerprint density at radius 1 is 1.35 bits per heavy atom. The van der Waals surface area contributed by atoms with Crippen molar-refractivity contribution >= 4 is 38.9 Å². The van der Waals surface area contributed by atoms with Crippen LogP contribution in [0.3, 0.4) is 0 Å². The van der Waals surface area contributed by atoms with Crippen LogP contribution in [0.2, 0.25) is 0 Å². The maximum absolute atomic E-state index is 12.0. The normalized spacial score (nSPS) is 10.8. The molecule has 0 saturated carbocycles. The van der Waals surface area contributed by atoms with Gasteiger partial charge in [0, 0.05) is 5.38 Å². The number of carbonyl (C=O) groups excluding carboxylic acids is 1. The van der Waals surface area contributed by atoms with Crippen LogP contribution in [0.1, 0.15) is 28.0 Å². The molecule has 20 heavy (non-hydrogen) atoms. The molecular weight excluding hydrogens is 292 g/mol. The Kier molecular flexibility index (Phi) is 3.75. The minimum Gasteiger partial charge on any atom is -0.456 e. The van der Waals surface area contributed by atoms with Crippen molar-refractivity contribution in [1.29, 1.82) is 0 Å². The van der Waals surface area contributed by atoms with Crippen molar-refractivity contribution < 1.29 is 9.53 Å². The molecule has 0 aliphatic rings. The van der Waals surface area contributed by atoms with Gasteiger partial charge in [-0.15, -0.1) is 22.7 Å². The first-order valence-electron chi connectivity index (χ1n) is 6.20. The molecule has 0 amide bonds. The molecule has 0 fully saturated rings. The summed E-state index contributed by atoms with van der Waals surface area (Å²) in [6, 6.07) is 5.39. The standard InChI is InChI=1S/C14H12N2O2S2/c1-2-13-16-10(7-19-13)6-18-14(17)9-3-4-11-12(5-9)20-8-15-11/h3-5,7-8H,2,6H2,1H3. The summed E-state index contributed by atoms with van der Waals surface area (Å²) >= 11 is 3.10. The molecule has 1 aromatic carbocycles. The zero-order valence-corrected chi connectivity index (χ0v) is 12.5. The second-order valence-electron chi connectivity index (χ2n) is 4.20. The molecule has 2 aromatic heterocycles. The Bertz CT molecular complexity index is 748. The van der Waals surface area contributed by atoms with Crippen molar-refractivity contribution in [2.45, 2.75) is 20.0 Å². The minimum atomic E-state index is -0.327. The first-order valence-corrected chi connectivity index (χ1v) is 7.96. The SMILES string of the molecule is CCc1nc(COC(=O)c2ccc3ncsc3c2)cs1. The number of carbonyl (C=O) groups is 1. The van der Waals surface area contributed by atoms with E-state index in [-0.39, 0.29) is 12.6 Å². The first kappa shape index (κ1) is 13.2. The Morgan fingerprint density at radius 2 is 2.25 bits per heavy atom. The number of thiazole rings is 2. The van der Waals surface area contributed by atoms with Gasteiger partial charge in [-0.1, -0.05) is 6.92 Å². The third kappa shape index (κ3) is 2.71. The highest BCUT2D eigenvalue weighted by Gasteiger charge is 2.10. The Morgan fingerprint density at radius 3 is 3.05 bits per heavy atom. The highest BCUT2D eigenvalue weighted by Crippen LogP contribution is 2.20. The summed E-state index contributed by atoms with van der Waals surface area (Å²) in [7, 11) is 0. The summed E-state index contributed by atoms with van der Waals surface area (Å²) in [5.41, 5.74) is 4.02. The Hall–Kier alpha value is -1.79. The molecule has 0 unspecified atom stereocenters. The van der Waals surface area contributed by atoms with Crippen LogP contribution < -0.4 is 0 Å². The topological polar surface area (TPSA) is 52.1 Å². The highest BCUT2D eigenvalue weighted by molar-refractivity contribution is 7.16. The number of benzene rings is 1. The van der Waals surface area contributed by atoms with Gasteiger partial charge in [-0.3, -0.25) is 0 Å². The number of esters is 1. The van der Waals surface area contributed by atoms with Crippen molar-refractivity contribution in [1.82, 2.24) is 9.97 Å². The largest absolute Gasteiger partial charge is 0.456 e. The number of nitrogens with zero attached hydrogens (tertiary/aromatic N) is 2. The monoisotopic (exact) mass is 304 g/mol. The zero-order valence-electron chi connectivity index (χ0n) is 10.8. The summed E-state index contributed by atoms with van der Waals surface area (Å²) in [4.78, 5) is 20.5. The average molecular weight is 304 g/mol. The zero-order chi connectivity index (χ0) is 13.9. The van der Waals surface area contributed by atoms with Gasteiger partial charge in [0.05, 0.1) is 32.0 Å². The molecule has 6 heteroatoms. The fourth-order valence-corrected chi connectivity index (χ4v) is 3.23. The summed E-state index contributed by atoms with van der Waals surface area (Å²) in [5.74, 6) is -0.327. The predicted octanol–water partition coefficient (Wildman–Crippen LogP) is 3.67. The van der Waals surface area contributed by atoms with Crippen LogP contribution in [0.25, 0.3) is 10.2 Å². The highest BCUT2D eigenvalue weighted by atomic mass is 32.1. The van der Waals surface area contributed by atoms with Crippen LogP contribution >= 0.6 is 22.7 Å². The van der Waals surface area contributed by atoms with Gasteiger partial charge in [0.15, 0.2) is 0 Å². The van der Waals surface area contributed by atoms with E-state index in [0.29, 0.717) is 5.56 Å². The lowest BCUT2D eigenvalue weighted by Gasteiger charge is -2.02. The minimum absolute atomic E-state index is 0.218. The Balaban J connectivity index is 1.69. The van der Waals surface area contributed by atoms with Crippen molar-refractivity contribution in [3.05, 3.63) is 45.4 Å². The predicted molar refractivity (Wildman–Crippen MR) is 80.2 cm³/mol. The quantitative estimate of drug-likeness (QED) is 0.690. The summed E-state index contributed by atoms with van der Waals surface area (Å²) in [6.45, 7) is 2.27. The molecule has 0 N–H and O–H groups in total. The van der Waals surface area contributed by atoms with Crippen LogP contribution in [0, 0.1) is 0 Å². The van der Waals surface area contributed by atoms with Crippen LogP contribution in [-0.4, -0.2) is 15.9 Å². The van der Waals surface area contributed by atoms with Crippen molar-refractivity contribution in [2.75, 3.05) is 0 Å². The van der Waals surface area contributed by atoms with Gasteiger partial charge >= 0.3 is 5.97 Å². The van der Waals surface area contributed by atoms with Crippen LogP contribution in [-0.2, 0) is 17.8 Å². The second-order valence-corrected chi connectivity index (χ2v) is 6.03. The number of hydrogen-bond donors (Lipinski definition) is 0. The lowest BCUT2D eigenvalue weighted by molar-refractivity contribution is 0.0468. The van der Waals surface area contributed by atoms with Gasteiger partial charge in [-0.05, 0) is 24.6 Å². The number of rotatable bonds is 4. The number of fused-ring (bicyclic) bond motifs is 1. The van der Waals surface area contributed by atoms with E-state index >= 15 is 0 Å². The van der Waals surface area contributed by atoms with E-state index in [9.17, 15) is 4.79 Å². The smallest absolute Gasteiger partial charge is 0.338 e. The molecule has 0 aliphatic heterocycles. The van der Waals surface area contributed by atoms with E-state index in [1.807, 2.05) is 17.5 Å². The molecule has 0 atom stereocenters. The van der Waals surface area contributed by atoms with E-state index in [1.54, 1.807) is 22.9 Å². The molecule has 3 rings (SSSR count). The fourth-order valence-electron chi connectivity index (χ4n) is 1.78. The summed E-state index contributed by atoms with van der Waals surface area (Å²) in [5, 5.41) is 2.99. The van der Waals surface area contributed by atoms with Gasteiger partial charge in [0.1, 0.15) is 6.61 Å². The van der Waals surface area contributed by atoms with Gasteiger partial charge in [0.25, 0.3) is 0 Å². The molecule has 102 valence electrons. The van der Waals surface area contributed by atoms with Crippen molar-refractivity contribution in [2.24, 2.45) is 0 Å². The third-order valence-electron chi connectivity index (χ3n) is 2.82. The molecule has 0 bridgehead atoms. The van der Waals surface area contributed by atoms with Gasteiger partial charge in [-0.2, -0.15) is 0 Å². The van der Waals surface area contributed by atoms with Gasteiger partial charge < -0.3 is 4.74 Å². The fraction of sp³-hybridized carbons (Fsp3) is 0.214. The average Bonchev–Trinajstić information content (AvgIpc) is 3.12. The van der Waals surface area contributed by atoms with Gasteiger partial charge in [0.2, 0.25) is 0 Å². The van der Waals surface area contributed by atoms with Crippen LogP contribution in [0.4, 0.5) is 0 Å².